The predicted molar refractivity (Wildman–Crippen MR) is 138 cm³/mol. The maximum Gasteiger partial charge on any atom is 0.331 e. The van der Waals surface area contributed by atoms with Gasteiger partial charge in [-0.2, -0.15) is 0 Å². The number of quaternary nitrogens is 1. The van der Waals surface area contributed by atoms with Crippen molar-refractivity contribution in [2.75, 3.05) is 45.9 Å². The number of benzene rings is 2. The second kappa shape index (κ2) is 12.2. The molecule has 0 spiro atoms. The molecular formula is C30H41BrN2O3. The van der Waals surface area contributed by atoms with E-state index in [4.69, 9.17) is 9.47 Å². The van der Waals surface area contributed by atoms with E-state index in [1.54, 1.807) is 0 Å². The van der Waals surface area contributed by atoms with E-state index in [1.165, 1.54) is 25.1 Å². The quantitative estimate of drug-likeness (QED) is 0.268. The summed E-state index contributed by atoms with van der Waals surface area (Å²) in [7, 11) is 0. The number of carbonyl (C=O) groups is 1. The fraction of sp³-hybridized carbons (Fsp3) is 0.567. The fourth-order valence-electron chi connectivity index (χ4n) is 6.48. The number of ether oxygens (including phenoxy) is 2. The van der Waals surface area contributed by atoms with Crippen molar-refractivity contribution >= 4 is 5.97 Å². The predicted octanol–water partition coefficient (Wildman–Crippen LogP) is 1.76. The second-order valence-corrected chi connectivity index (χ2v) is 11.0. The summed E-state index contributed by atoms with van der Waals surface area (Å²) in [6.45, 7) is 9.67. The highest BCUT2D eigenvalue weighted by atomic mass is 79.9. The van der Waals surface area contributed by atoms with Crippen molar-refractivity contribution in [2.24, 2.45) is 5.92 Å². The SMILES string of the molecule is C[C@@](C(=O)O[C@H]1C[N+]2(CCOCc3ccccc3)CCC1CC2)(c1ccccc1)N1CCCCC1.[Br-]. The third kappa shape index (κ3) is 5.88. The van der Waals surface area contributed by atoms with Gasteiger partial charge in [0.25, 0.3) is 0 Å². The van der Waals surface area contributed by atoms with Crippen LogP contribution in [0.2, 0.25) is 0 Å². The molecule has 0 N–H and O–H groups in total. The third-order valence-corrected chi connectivity index (χ3v) is 8.84. The number of rotatable bonds is 9. The van der Waals surface area contributed by atoms with Crippen molar-refractivity contribution in [3.8, 4) is 0 Å². The number of halogens is 1. The lowest BCUT2D eigenvalue weighted by atomic mass is 9.82. The van der Waals surface area contributed by atoms with Gasteiger partial charge < -0.3 is 30.9 Å². The first-order chi connectivity index (χ1) is 17.1. The Morgan fingerprint density at radius 3 is 2.28 bits per heavy atom. The van der Waals surface area contributed by atoms with Gasteiger partial charge in [-0.25, -0.2) is 4.79 Å². The van der Waals surface area contributed by atoms with Crippen LogP contribution < -0.4 is 17.0 Å². The Morgan fingerprint density at radius 1 is 0.972 bits per heavy atom. The molecule has 0 unspecified atom stereocenters. The summed E-state index contributed by atoms with van der Waals surface area (Å²) in [6, 6.07) is 20.6. The third-order valence-electron chi connectivity index (χ3n) is 8.84. The first-order valence-corrected chi connectivity index (χ1v) is 13.6. The van der Waals surface area contributed by atoms with E-state index in [9.17, 15) is 4.79 Å². The van der Waals surface area contributed by atoms with Gasteiger partial charge in [-0.15, -0.1) is 0 Å². The summed E-state index contributed by atoms with van der Waals surface area (Å²) in [6.07, 6.45) is 5.82. The molecule has 2 aromatic rings. The second-order valence-electron chi connectivity index (χ2n) is 11.0. The number of carbonyl (C=O) groups excluding carboxylic acids is 1. The summed E-state index contributed by atoms with van der Waals surface area (Å²) < 4.78 is 13.5. The number of nitrogens with zero attached hydrogens (tertiary/aromatic N) is 2. The van der Waals surface area contributed by atoms with Crippen LogP contribution in [0.15, 0.2) is 60.7 Å². The van der Waals surface area contributed by atoms with E-state index in [-0.39, 0.29) is 29.1 Å². The molecule has 0 radical (unpaired) electrons. The Kier molecular flexibility index (Phi) is 9.26. The number of likely N-dealkylation sites (tertiary alicyclic amines) is 1. The molecule has 5 nitrogen and oxygen atoms in total. The number of piperidine rings is 4. The molecule has 36 heavy (non-hydrogen) atoms. The van der Waals surface area contributed by atoms with Crippen molar-refractivity contribution in [2.45, 2.75) is 57.3 Å². The zero-order chi connectivity index (χ0) is 24.1. The summed E-state index contributed by atoms with van der Waals surface area (Å²) in [5, 5.41) is 0. The van der Waals surface area contributed by atoms with Crippen LogP contribution in [-0.4, -0.2) is 67.3 Å². The van der Waals surface area contributed by atoms with E-state index >= 15 is 0 Å². The van der Waals surface area contributed by atoms with Gasteiger partial charge in [-0.05, 0) is 44.0 Å². The Labute approximate surface area is 227 Å². The van der Waals surface area contributed by atoms with E-state index < -0.39 is 5.54 Å². The standard InChI is InChI=1S/C30H41N2O3.BrH/c1-30(27-13-7-3-8-14-27,31-17-9-4-10-18-31)29(33)35-28-23-32(19-15-26(28)16-20-32)21-22-34-24-25-11-5-2-6-12-25;/h2-3,5-8,11-14,26,28H,4,9-10,15-24H2,1H3;1H/q+1;/p-1/t26?,28-,30-,32?;/m0./s1. The summed E-state index contributed by atoms with van der Waals surface area (Å²) in [5.41, 5.74) is 1.54. The molecule has 4 aliphatic heterocycles. The van der Waals surface area contributed by atoms with E-state index in [0.717, 1.165) is 68.5 Å². The van der Waals surface area contributed by atoms with Gasteiger partial charge >= 0.3 is 5.97 Å². The van der Waals surface area contributed by atoms with Crippen LogP contribution >= 0.6 is 0 Å². The smallest absolute Gasteiger partial charge is 0.331 e. The lowest BCUT2D eigenvalue weighted by molar-refractivity contribution is -0.946. The molecule has 4 heterocycles. The van der Waals surface area contributed by atoms with Gasteiger partial charge in [0.05, 0.1) is 26.3 Å². The zero-order valence-electron chi connectivity index (χ0n) is 21.6. The molecule has 6 heteroatoms. The van der Waals surface area contributed by atoms with Crippen LogP contribution in [0, 0.1) is 5.92 Å². The summed E-state index contributed by atoms with van der Waals surface area (Å²) in [4.78, 5) is 16.3. The monoisotopic (exact) mass is 556 g/mol. The molecule has 2 atom stereocenters. The topological polar surface area (TPSA) is 38.8 Å². The molecule has 6 rings (SSSR count). The van der Waals surface area contributed by atoms with Crippen molar-refractivity contribution in [3.05, 3.63) is 71.8 Å². The van der Waals surface area contributed by atoms with Crippen LogP contribution in [-0.2, 0) is 26.4 Å². The minimum atomic E-state index is -0.725. The van der Waals surface area contributed by atoms with Gasteiger partial charge in [0, 0.05) is 18.8 Å². The van der Waals surface area contributed by atoms with Crippen molar-refractivity contribution < 1.29 is 35.7 Å². The molecule has 0 aliphatic carbocycles. The van der Waals surface area contributed by atoms with Crippen LogP contribution in [0.1, 0.15) is 50.2 Å². The fourth-order valence-corrected chi connectivity index (χ4v) is 6.48. The molecule has 0 saturated carbocycles. The lowest BCUT2D eigenvalue weighted by Gasteiger charge is -2.52. The molecule has 2 aromatic carbocycles. The normalized spacial score (nSPS) is 27.6. The van der Waals surface area contributed by atoms with E-state index in [1.807, 2.05) is 24.3 Å². The molecule has 2 bridgehead atoms. The van der Waals surface area contributed by atoms with Gasteiger partial charge in [-0.3, -0.25) is 4.90 Å². The summed E-state index contributed by atoms with van der Waals surface area (Å²) >= 11 is 0. The number of hydrogen-bond acceptors (Lipinski definition) is 4. The average molecular weight is 558 g/mol. The Bertz CT molecular complexity index is 959. The van der Waals surface area contributed by atoms with Crippen LogP contribution in [0.4, 0.5) is 0 Å². The van der Waals surface area contributed by atoms with Crippen LogP contribution in [0.3, 0.4) is 0 Å². The van der Waals surface area contributed by atoms with Gasteiger partial charge in [-0.1, -0.05) is 67.1 Å². The lowest BCUT2D eigenvalue weighted by Crippen LogP contribution is -3.00. The van der Waals surface area contributed by atoms with Gasteiger partial charge in [0.2, 0.25) is 0 Å². The number of esters is 1. The highest BCUT2D eigenvalue weighted by Crippen LogP contribution is 2.38. The molecule has 4 saturated heterocycles. The Morgan fingerprint density at radius 2 is 1.61 bits per heavy atom. The maximum absolute atomic E-state index is 13.9. The first-order valence-electron chi connectivity index (χ1n) is 13.6. The zero-order valence-corrected chi connectivity index (χ0v) is 23.2. The average Bonchev–Trinajstić information content (AvgIpc) is 2.93. The molecule has 0 amide bonds. The van der Waals surface area contributed by atoms with Gasteiger partial charge in [0.15, 0.2) is 6.10 Å². The maximum atomic E-state index is 13.9. The van der Waals surface area contributed by atoms with Crippen molar-refractivity contribution in [1.82, 2.24) is 4.90 Å². The minimum absolute atomic E-state index is 0. The highest BCUT2D eigenvalue weighted by molar-refractivity contribution is 5.82. The number of fused-ring (bicyclic) bond motifs is 3. The number of hydrogen-bond donors (Lipinski definition) is 0. The largest absolute Gasteiger partial charge is 1.00 e. The molecular weight excluding hydrogens is 516 g/mol. The highest BCUT2D eigenvalue weighted by Gasteiger charge is 2.50. The first kappa shape index (κ1) is 27.3. The Hall–Kier alpha value is -1.73. The molecule has 196 valence electrons. The molecule has 4 aliphatic rings. The van der Waals surface area contributed by atoms with Crippen LogP contribution in [0.5, 0.6) is 0 Å². The van der Waals surface area contributed by atoms with E-state index in [0.29, 0.717) is 12.5 Å². The Balaban J connectivity index is 0.00000304. The van der Waals surface area contributed by atoms with Crippen LogP contribution in [0.25, 0.3) is 0 Å². The van der Waals surface area contributed by atoms with E-state index in [2.05, 4.69) is 48.2 Å². The van der Waals surface area contributed by atoms with Crippen molar-refractivity contribution in [1.29, 1.82) is 0 Å². The minimum Gasteiger partial charge on any atom is -1.00 e. The molecule has 0 aromatic heterocycles. The summed E-state index contributed by atoms with van der Waals surface area (Å²) in [5.74, 6) is 0.424. The van der Waals surface area contributed by atoms with Gasteiger partial charge in [0.1, 0.15) is 18.6 Å². The molecule has 4 fully saturated rings. The van der Waals surface area contributed by atoms with Crippen molar-refractivity contribution in [3.63, 3.8) is 0 Å².